The minimum atomic E-state index is 0.759. The SMILES string of the molecule is CCC(C)CSc1nccc(C)c1Br. The number of aromatic nitrogens is 1. The highest BCUT2D eigenvalue weighted by Gasteiger charge is 2.06. The van der Waals surface area contributed by atoms with Crippen LogP contribution in [-0.4, -0.2) is 10.7 Å². The van der Waals surface area contributed by atoms with Gasteiger partial charge in [-0.1, -0.05) is 20.3 Å². The number of pyridine rings is 1. The van der Waals surface area contributed by atoms with Gasteiger partial charge in [0.15, 0.2) is 0 Å². The van der Waals surface area contributed by atoms with E-state index in [-0.39, 0.29) is 0 Å². The fourth-order valence-electron chi connectivity index (χ4n) is 0.955. The van der Waals surface area contributed by atoms with Gasteiger partial charge in [0.05, 0.1) is 4.47 Å². The van der Waals surface area contributed by atoms with Crippen LogP contribution in [0.3, 0.4) is 0 Å². The van der Waals surface area contributed by atoms with Crippen molar-refractivity contribution in [2.24, 2.45) is 5.92 Å². The summed E-state index contributed by atoms with van der Waals surface area (Å²) in [5.74, 6) is 1.90. The number of thioether (sulfide) groups is 1. The zero-order valence-corrected chi connectivity index (χ0v) is 11.3. The van der Waals surface area contributed by atoms with Gasteiger partial charge < -0.3 is 0 Å². The zero-order chi connectivity index (χ0) is 10.6. The summed E-state index contributed by atoms with van der Waals surface area (Å²) in [6.07, 6.45) is 3.11. The molecule has 1 unspecified atom stereocenters. The molecule has 1 aromatic rings. The van der Waals surface area contributed by atoms with Gasteiger partial charge in [-0.05, 0) is 40.4 Å². The summed E-state index contributed by atoms with van der Waals surface area (Å²) < 4.78 is 1.15. The van der Waals surface area contributed by atoms with Crippen LogP contribution in [0.1, 0.15) is 25.8 Å². The first-order valence-electron chi connectivity index (χ1n) is 4.89. The number of aryl methyl sites for hydroxylation is 1. The molecule has 0 bridgehead atoms. The normalized spacial score (nSPS) is 12.9. The summed E-state index contributed by atoms with van der Waals surface area (Å²) >= 11 is 5.40. The third-order valence-electron chi connectivity index (χ3n) is 2.25. The van der Waals surface area contributed by atoms with Crippen LogP contribution < -0.4 is 0 Å². The minimum Gasteiger partial charge on any atom is -0.249 e. The molecule has 0 saturated carbocycles. The van der Waals surface area contributed by atoms with Crippen LogP contribution in [0.4, 0.5) is 0 Å². The number of rotatable bonds is 4. The molecule has 1 atom stereocenters. The second-order valence-corrected chi connectivity index (χ2v) is 5.37. The van der Waals surface area contributed by atoms with Crippen molar-refractivity contribution >= 4 is 27.7 Å². The smallest absolute Gasteiger partial charge is 0.110 e. The molecule has 1 rings (SSSR count). The van der Waals surface area contributed by atoms with Crippen molar-refractivity contribution in [1.29, 1.82) is 0 Å². The molecule has 0 aliphatic carbocycles. The predicted molar refractivity (Wildman–Crippen MR) is 66.9 cm³/mol. The van der Waals surface area contributed by atoms with Crippen LogP contribution in [0.25, 0.3) is 0 Å². The van der Waals surface area contributed by atoms with E-state index in [0.717, 1.165) is 21.2 Å². The summed E-state index contributed by atoms with van der Waals surface area (Å²) in [4.78, 5) is 4.36. The van der Waals surface area contributed by atoms with E-state index in [4.69, 9.17) is 0 Å². The Kier molecular flexibility index (Phi) is 4.96. The van der Waals surface area contributed by atoms with E-state index < -0.39 is 0 Å². The highest BCUT2D eigenvalue weighted by atomic mass is 79.9. The fourth-order valence-corrected chi connectivity index (χ4v) is 2.63. The second-order valence-electron chi connectivity index (χ2n) is 3.57. The first kappa shape index (κ1) is 12.1. The lowest BCUT2D eigenvalue weighted by molar-refractivity contribution is 0.636. The number of hydrogen-bond acceptors (Lipinski definition) is 2. The lowest BCUT2D eigenvalue weighted by atomic mass is 10.2. The molecule has 14 heavy (non-hydrogen) atoms. The Morgan fingerprint density at radius 1 is 1.57 bits per heavy atom. The molecular formula is C11H16BrNS. The topological polar surface area (TPSA) is 12.9 Å². The van der Waals surface area contributed by atoms with Crippen LogP contribution in [-0.2, 0) is 0 Å². The second kappa shape index (κ2) is 5.76. The van der Waals surface area contributed by atoms with Crippen LogP contribution in [0.2, 0.25) is 0 Å². The van der Waals surface area contributed by atoms with Gasteiger partial charge in [-0.15, -0.1) is 11.8 Å². The highest BCUT2D eigenvalue weighted by Crippen LogP contribution is 2.29. The fraction of sp³-hybridized carbons (Fsp3) is 0.545. The zero-order valence-electron chi connectivity index (χ0n) is 8.88. The third-order valence-corrected chi connectivity index (χ3v) is 4.83. The quantitative estimate of drug-likeness (QED) is 0.760. The van der Waals surface area contributed by atoms with Gasteiger partial charge in [0.2, 0.25) is 0 Å². The molecule has 1 aromatic heterocycles. The third kappa shape index (κ3) is 3.28. The highest BCUT2D eigenvalue weighted by molar-refractivity contribution is 9.10. The van der Waals surface area contributed by atoms with Gasteiger partial charge in [0, 0.05) is 11.9 Å². The monoisotopic (exact) mass is 273 g/mol. The van der Waals surface area contributed by atoms with Crippen LogP contribution in [0.5, 0.6) is 0 Å². The minimum absolute atomic E-state index is 0.759. The Morgan fingerprint density at radius 3 is 2.93 bits per heavy atom. The lowest BCUT2D eigenvalue weighted by Gasteiger charge is -2.09. The van der Waals surface area contributed by atoms with E-state index in [2.05, 4.69) is 41.7 Å². The van der Waals surface area contributed by atoms with Crippen molar-refractivity contribution in [3.8, 4) is 0 Å². The van der Waals surface area contributed by atoms with Crippen molar-refractivity contribution in [2.75, 3.05) is 5.75 Å². The molecule has 0 fully saturated rings. The van der Waals surface area contributed by atoms with Gasteiger partial charge in [-0.25, -0.2) is 4.98 Å². The van der Waals surface area contributed by atoms with Gasteiger partial charge in [0.25, 0.3) is 0 Å². The first-order chi connectivity index (χ1) is 6.65. The van der Waals surface area contributed by atoms with E-state index in [1.54, 1.807) is 0 Å². The Balaban J connectivity index is 2.63. The standard InChI is InChI=1S/C11H16BrNS/c1-4-8(2)7-14-11-10(12)9(3)5-6-13-11/h5-6,8H,4,7H2,1-3H3. The Morgan fingerprint density at radius 2 is 2.29 bits per heavy atom. The molecule has 0 saturated heterocycles. The molecule has 0 N–H and O–H groups in total. The summed E-state index contributed by atoms with van der Waals surface area (Å²) in [6.45, 7) is 6.60. The number of hydrogen-bond donors (Lipinski definition) is 0. The van der Waals surface area contributed by atoms with Crippen molar-refractivity contribution in [2.45, 2.75) is 32.2 Å². The molecule has 1 heterocycles. The molecule has 1 nitrogen and oxygen atoms in total. The summed E-state index contributed by atoms with van der Waals surface area (Å²) in [5.41, 5.74) is 1.26. The lowest BCUT2D eigenvalue weighted by Crippen LogP contribution is -1.96. The van der Waals surface area contributed by atoms with Gasteiger partial charge >= 0.3 is 0 Å². The summed E-state index contributed by atoms with van der Waals surface area (Å²) in [6, 6.07) is 2.03. The Bertz CT molecular complexity index is 301. The van der Waals surface area contributed by atoms with E-state index in [1.165, 1.54) is 12.0 Å². The molecule has 0 spiro atoms. The van der Waals surface area contributed by atoms with Crippen molar-refractivity contribution in [3.63, 3.8) is 0 Å². The molecular weight excluding hydrogens is 258 g/mol. The maximum atomic E-state index is 4.36. The van der Waals surface area contributed by atoms with Crippen molar-refractivity contribution in [1.82, 2.24) is 4.98 Å². The summed E-state index contributed by atoms with van der Waals surface area (Å²) in [7, 11) is 0. The van der Waals surface area contributed by atoms with Crippen molar-refractivity contribution in [3.05, 3.63) is 22.3 Å². The number of halogens is 1. The van der Waals surface area contributed by atoms with Crippen LogP contribution in [0.15, 0.2) is 21.8 Å². The Labute approximate surface area is 98.8 Å². The van der Waals surface area contributed by atoms with Gasteiger partial charge in [-0.2, -0.15) is 0 Å². The van der Waals surface area contributed by atoms with E-state index in [0.29, 0.717) is 0 Å². The first-order valence-corrected chi connectivity index (χ1v) is 6.67. The average molecular weight is 274 g/mol. The molecule has 3 heteroatoms. The molecule has 0 aromatic carbocycles. The average Bonchev–Trinajstić information content (AvgIpc) is 2.20. The van der Waals surface area contributed by atoms with Gasteiger partial charge in [-0.3, -0.25) is 0 Å². The maximum Gasteiger partial charge on any atom is 0.110 e. The predicted octanol–water partition coefficient (Wildman–Crippen LogP) is 4.29. The number of nitrogens with zero attached hydrogens (tertiary/aromatic N) is 1. The van der Waals surface area contributed by atoms with Crippen LogP contribution >= 0.6 is 27.7 Å². The van der Waals surface area contributed by atoms with Gasteiger partial charge in [0.1, 0.15) is 5.03 Å². The molecule has 0 aliphatic heterocycles. The largest absolute Gasteiger partial charge is 0.249 e. The molecule has 0 amide bonds. The van der Waals surface area contributed by atoms with E-state index in [9.17, 15) is 0 Å². The molecule has 78 valence electrons. The van der Waals surface area contributed by atoms with E-state index >= 15 is 0 Å². The molecule has 0 radical (unpaired) electrons. The maximum absolute atomic E-state index is 4.36. The Hall–Kier alpha value is -0.0200. The van der Waals surface area contributed by atoms with Crippen LogP contribution in [0, 0.1) is 12.8 Å². The molecule has 0 aliphatic rings. The van der Waals surface area contributed by atoms with E-state index in [1.807, 2.05) is 24.0 Å². The summed E-state index contributed by atoms with van der Waals surface area (Å²) in [5, 5.41) is 1.12. The van der Waals surface area contributed by atoms with Crippen molar-refractivity contribution < 1.29 is 0 Å².